The number of rotatable bonds is 8. The van der Waals surface area contributed by atoms with Crippen LogP contribution in [0.3, 0.4) is 0 Å². The van der Waals surface area contributed by atoms with Crippen LogP contribution in [0, 0.1) is 0 Å². The predicted octanol–water partition coefficient (Wildman–Crippen LogP) is 1.51. The van der Waals surface area contributed by atoms with E-state index < -0.39 is 35.1 Å². The molecule has 2 aliphatic rings. The Balaban J connectivity index is 1.65. The third-order valence-electron chi connectivity index (χ3n) is 6.43. The number of nitrogens with two attached hydrogens (primary N) is 1. The van der Waals surface area contributed by atoms with E-state index in [9.17, 15) is 24.3 Å². The van der Waals surface area contributed by atoms with Gasteiger partial charge in [-0.05, 0) is 63.8 Å². The Labute approximate surface area is 205 Å². The van der Waals surface area contributed by atoms with Gasteiger partial charge in [0.2, 0.25) is 5.91 Å². The number of carbonyl (C=O) groups is 4. The maximum absolute atomic E-state index is 12.9. The van der Waals surface area contributed by atoms with E-state index in [1.807, 2.05) is 12.1 Å². The number of hydrogen-bond donors (Lipinski definition) is 2. The Morgan fingerprint density at radius 1 is 1.17 bits per heavy atom. The molecule has 2 heterocycles. The molecule has 3 rings (SSSR count). The van der Waals surface area contributed by atoms with Gasteiger partial charge in [-0.1, -0.05) is 0 Å². The second-order valence-electron chi connectivity index (χ2n) is 10.3. The standard InChI is InChI=1S/C25H35N3O7/c1-24(2,3)35-21(30)14-25(33)9-11-27(12-10-25)17-5-6-18-16(13-17)15-28(23(18)32)19(22(26)31)7-8-20(29)34-4/h5-6,13,19,33H,7-12,14-15H2,1-4H3,(H2,26,31)/t19-/m0/s1. The molecular formula is C25H35N3O7. The van der Waals surface area contributed by atoms with E-state index in [1.165, 1.54) is 12.0 Å². The second-order valence-corrected chi connectivity index (χ2v) is 10.3. The van der Waals surface area contributed by atoms with Crippen molar-refractivity contribution in [3.05, 3.63) is 29.3 Å². The molecule has 192 valence electrons. The highest BCUT2D eigenvalue weighted by Crippen LogP contribution is 2.33. The Bertz CT molecular complexity index is 993. The lowest BCUT2D eigenvalue weighted by Crippen LogP contribution is -2.46. The second kappa shape index (κ2) is 10.2. The summed E-state index contributed by atoms with van der Waals surface area (Å²) in [6, 6.07) is 4.57. The Morgan fingerprint density at radius 3 is 2.40 bits per heavy atom. The average molecular weight is 490 g/mol. The fraction of sp³-hybridized carbons (Fsp3) is 0.600. The zero-order valence-corrected chi connectivity index (χ0v) is 20.8. The van der Waals surface area contributed by atoms with Crippen molar-refractivity contribution in [2.24, 2.45) is 5.73 Å². The van der Waals surface area contributed by atoms with Crippen LogP contribution < -0.4 is 10.6 Å². The summed E-state index contributed by atoms with van der Waals surface area (Å²) in [5.74, 6) is -1.86. The van der Waals surface area contributed by atoms with Crippen LogP contribution in [0.4, 0.5) is 5.69 Å². The number of hydrogen-bond acceptors (Lipinski definition) is 8. The van der Waals surface area contributed by atoms with Crippen molar-refractivity contribution in [1.82, 2.24) is 4.90 Å². The van der Waals surface area contributed by atoms with Crippen LogP contribution in [0.15, 0.2) is 18.2 Å². The number of amides is 2. The SMILES string of the molecule is COC(=O)CC[C@@H](C(N)=O)N1Cc2cc(N3CCC(O)(CC(=O)OC(C)(C)C)CC3)ccc2C1=O. The van der Waals surface area contributed by atoms with Gasteiger partial charge in [0.15, 0.2) is 0 Å². The minimum atomic E-state index is -1.11. The number of benzene rings is 1. The topological polar surface area (TPSA) is 139 Å². The Hall–Kier alpha value is -3.14. The first kappa shape index (κ1) is 26.5. The smallest absolute Gasteiger partial charge is 0.309 e. The van der Waals surface area contributed by atoms with E-state index in [0.29, 0.717) is 31.5 Å². The lowest BCUT2D eigenvalue weighted by Gasteiger charge is -2.39. The lowest BCUT2D eigenvalue weighted by atomic mass is 9.88. The molecule has 0 aromatic heterocycles. The van der Waals surface area contributed by atoms with E-state index in [4.69, 9.17) is 10.5 Å². The third kappa shape index (κ3) is 6.50. The molecule has 10 heteroatoms. The van der Waals surface area contributed by atoms with Gasteiger partial charge >= 0.3 is 11.9 Å². The van der Waals surface area contributed by atoms with Gasteiger partial charge < -0.3 is 30.1 Å². The quantitative estimate of drug-likeness (QED) is 0.524. The van der Waals surface area contributed by atoms with Crippen LogP contribution in [-0.4, -0.2) is 71.2 Å². The number of piperidine rings is 1. The summed E-state index contributed by atoms with van der Waals surface area (Å²) in [5, 5.41) is 10.9. The van der Waals surface area contributed by atoms with Crippen molar-refractivity contribution in [1.29, 1.82) is 0 Å². The van der Waals surface area contributed by atoms with Gasteiger partial charge in [-0.2, -0.15) is 0 Å². The first-order valence-electron chi connectivity index (χ1n) is 11.8. The van der Waals surface area contributed by atoms with Crippen LogP contribution in [-0.2, 0) is 30.4 Å². The Morgan fingerprint density at radius 2 is 1.83 bits per heavy atom. The molecule has 1 aromatic rings. The molecule has 3 N–H and O–H groups in total. The van der Waals surface area contributed by atoms with Crippen molar-refractivity contribution in [3.63, 3.8) is 0 Å². The predicted molar refractivity (Wildman–Crippen MR) is 127 cm³/mol. The highest BCUT2D eigenvalue weighted by atomic mass is 16.6. The van der Waals surface area contributed by atoms with Gasteiger partial charge in [0.25, 0.3) is 5.91 Å². The van der Waals surface area contributed by atoms with Crippen LogP contribution in [0.25, 0.3) is 0 Å². The van der Waals surface area contributed by atoms with Gasteiger partial charge in [-0.3, -0.25) is 19.2 Å². The van der Waals surface area contributed by atoms with E-state index >= 15 is 0 Å². The molecule has 0 unspecified atom stereocenters. The first-order chi connectivity index (χ1) is 16.3. The number of methoxy groups -OCH3 is 1. The molecule has 1 atom stereocenters. The summed E-state index contributed by atoms with van der Waals surface area (Å²) in [4.78, 5) is 52.2. The largest absolute Gasteiger partial charge is 0.469 e. The monoisotopic (exact) mass is 489 g/mol. The average Bonchev–Trinajstić information content (AvgIpc) is 3.07. The molecule has 2 aliphatic heterocycles. The molecule has 0 spiro atoms. The molecule has 1 saturated heterocycles. The minimum absolute atomic E-state index is 0.0184. The number of fused-ring (bicyclic) bond motifs is 1. The highest BCUT2D eigenvalue weighted by molar-refractivity contribution is 6.01. The van der Waals surface area contributed by atoms with Gasteiger partial charge in [0, 0.05) is 37.3 Å². The molecule has 0 bridgehead atoms. The number of anilines is 1. The van der Waals surface area contributed by atoms with Crippen LogP contribution in [0.1, 0.15) is 68.8 Å². The van der Waals surface area contributed by atoms with Gasteiger partial charge in [-0.15, -0.1) is 0 Å². The lowest BCUT2D eigenvalue weighted by molar-refractivity contribution is -0.161. The minimum Gasteiger partial charge on any atom is -0.469 e. The molecule has 1 fully saturated rings. The van der Waals surface area contributed by atoms with Gasteiger partial charge in [0.05, 0.1) is 19.1 Å². The molecular weight excluding hydrogens is 454 g/mol. The number of esters is 2. The van der Waals surface area contributed by atoms with E-state index in [0.717, 1.165) is 11.3 Å². The fourth-order valence-corrected chi connectivity index (χ4v) is 4.59. The highest BCUT2D eigenvalue weighted by Gasteiger charge is 2.38. The summed E-state index contributed by atoms with van der Waals surface area (Å²) < 4.78 is 9.98. The molecule has 2 amide bonds. The van der Waals surface area contributed by atoms with Crippen molar-refractivity contribution in [3.8, 4) is 0 Å². The zero-order valence-electron chi connectivity index (χ0n) is 20.8. The summed E-state index contributed by atoms with van der Waals surface area (Å²) >= 11 is 0. The summed E-state index contributed by atoms with van der Waals surface area (Å²) in [6.07, 6.45) is 0.843. The maximum Gasteiger partial charge on any atom is 0.309 e. The maximum atomic E-state index is 12.9. The summed E-state index contributed by atoms with van der Waals surface area (Å²) in [5.41, 5.74) is 5.98. The molecule has 10 nitrogen and oxygen atoms in total. The van der Waals surface area contributed by atoms with E-state index in [-0.39, 0.29) is 31.7 Å². The number of aliphatic hydroxyl groups is 1. The van der Waals surface area contributed by atoms with Crippen LogP contribution in [0.5, 0.6) is 0 Å². The normalized spacial score (nSPS) is 18.1. The number of carbonyl (C=O) groups excluding carboxylic acids is 4. The zero-order chi connectivity index (χ0) is 26.0. The molecule has 0 aliphatic carbocycles. The number of nitrogens with zero attached hydrogens (tertiary/aromatic N) is 2. The third-order valence-corrected chi connectivity index (χ3v) is 6.43. The molecule has 0 saturated carbocycles. The van der Waals surface area contributed by atoms with Gasteiger partial charge in [0.1, 0.15) is 11.6 Å². The fourth-order valence-electron chi connectivity index (χ4n) is 4.59. The number of ether oxygens (including phenoxy) is 2. The van der Waals surface area contributed by atoms with Crippen molar-refractivity contribution in [2.75, 3.05) is 25.1 Å². The molecule has 0 radical (unpaired) electrons. The molecule has 1 aromatic carbocycles. The molecule has 35 heavy (non-hydrogen) atoms. The van der Waals surface area contributed by atoms with E-state index in [1.54, 1.807) is 26.8 Å². The van der Waals surface area contributed by atoms with E-state index in [2.05, 4.69) is 9.64 Å². The number of primary amides is 1. The van der Waals surface area contributed by atoms with Crippen LogP contribution in [0.2, 0.25) is 0 Å². The first-order valence-corrected chi connectivity index (χ1v) is 11.8. The van der Waals surface area contributed by atoms with Crippen LogP contribution >= 0.6 is 0 Å². The van der Waals surface area contributed by atoms with Gasteiger partial charge in [-0.25, -0.2) is 0 Å². The Kier molecular flexibility index (Phi) is 7.74. The summed E-state index contributed by atoms with van der Waals surface area (Å²) in [7, 11) is 1.26. The van der Waals surface area contributed by atoms with Crippen molar-refractivity contribution < 1.29 is 33.8 Å². The van der Waals surface area contributed by atoms with Crippen molar-refractivity contribution in [2.45, 2.75) is 76.7 Å². The van der Waals surface area contributed by atoms with Crippen molar-refractivity contribution >= 4 is 29.4 Å². The summed E-state index contributed by atoms with van der Waals surface area (Å²) in [6.45, 7) is 6.68.